The molecule has 0 amide bonds. The zero-order valence-corrected chi connectivity index (χ0v) is 14.3. The molecule has 2 aliphatic rings. The van der Waals surface area contributed by atoms with Crippen LogP contribution in [0.25, 0.3) is 0 Å². The summed E-state index contributed by atoms with van der Waals surface area (Å²) in [6, 6.07) is 10.1. The third-order valence-electron chi connectivity index (χ3n) is 4.08. The second-order valence-electron chi connectivity index (χ2n) is 7.00. The Labute approximate surface area is 137 Å². The van der Waals surface area contributed by atoms with E-state index < -0.39 is 11.6 Å². The summed E-state index contributed by atoms with van der Waals surface area (Å²) in [7, 11) is 0. The Morgan fingerprint density at radius 2 is 1.48 bits per heavy atom. The van der Waals surface area contributed by atoms with Gasteiger partial charge >= 0.3 is 0 Å². The van der Waals surface area contributed by atoms with Gasteiger partial charge in [0.15, 0.2) is 11.6 Å². The van der Waals surface area contributed by atoms with Crippen molar-refractivity contribution in [2.75, 3.05) is 13.2 Å². The van der Waals surface area contributed by atoms with Gasteiger partial charge in [-0.2, -0.15) is 0 Å². The largest absolute Gasteiger partial charge is 0.368 e. The van der Waals surface area contributed by atoms with Crippen LogP contribution < -0.4 is 0 Å². The van der Waals surface area contributed by atoms with Gasteiger partial charge in [-0.25, -0.2) is 0 Å². The highest BCUT2D eigenvalue weighted by Crippen LogP contribution is 2.32. The zero-order valence-electron chi connectivity index (χ0n) is 14.3. The first kappa shape index (κ1) is 16.9. The highest BCUT2D eigenvalue weighted by molar-refractivity contribution is 5.13. The lowest BCUT2D eigenvalue weighted by atomic mass is 10.1. The van der Waals surface area contributed by atoms with Crippen molar-refractivity contribution in [1.82, 2.24) is 0 Å². The lowest BCUT2D eigenvalue weighted by Gasteiger charge is -2.29. The summed E-state index contributed by atoms with van der Waals surface area (Å²) in [5, 5.41) is 0. The molecule has 1 aromatic rings. The van der Waals surface area contributed by atoms with Crippen molar-refractivity contribution in [3.8, 4) is 0 Å². The zero-order chi connectivity index (χ0) is 16.5. The van der Waals surface area contributed by atoms with Gasteiger partial charge in [0.1, 0.15) is 18.3 Å². The molecule has 0 radical (unpaired) electrons. The van der Waals surface area contributed by atoms with E-state index >= 15 is 0 Å². The molecule has 2 fully saturated rings. The van der Waals surface area contributed by atoms with Crippen LogP contribution in [-0.2, 0) is 30.3 Å². The number of hydrogen-bond donors (Lipinski definition) is 0. The van der Waals surface area contributed by atoms with Crippen LogP contribution in [-0.4, -0.2) is 43.1 Å². The van der Waals surface area contributed by atoms with Crippen LogP contribution in [0.15, 0.2) is 30.3 Å². The van der Waals surface area contributed by atoms with Gasteiger partial charge in [-0.15, -0.1) is 0 Å². The van der Waals surface area contributed by atoms with Crippen LogP contribution in [0.3, 0.4) is 0 Å². The van der Waals surface area contributed by atoms with Crippen molar-refractivity contribution < 1.29 is 23.7 Å². The van der Waals surface area contributed by atoms with Gasteiger partial charge in [0.25, 0.3) is 0 Å². The summed E-state index contributed by atoms with van der Waals surface area (Å²) >= 11 is 0. The van der Waals surface area contributed by atoms with Crippen LogP contribution >= 0.6 is 0 Å². The normalized spacial score (nSPS) is 30.4. The van der Waals surface area contributed by atoms with Crippen LogP contribution in [0.4, 0.5) is 0 Å². The van der Waals surface area contributed by atoms with Crippen LogP contribution in [0.2, 0.25) is 0 Å². The lowest BCUT2D eigenvalue weighted by Crippen LogP contribution is -2.43. The number of hydrogen-bond acceptors (Lipinski definition) is 5. The van der Waals surface area contributed by atoms with Gasteiger partial charge in [-0.3, -0.25) is 0 Å². The summed E-state index contributed by atoms with van der Waals surface area (Å²) in [5.41, 5.74) is 1.12. The molecule has 0 aliphatic carbocycles. The molecule has 3 atom stereocenters. The molecule has 0 aromatic heterocycles. The molecule has 2 aliphatic heterocycles. The minimum Gasteiger partial charge on any atom is -0.368 e. The van der Waals surface area contributed by atoms with E-state index in [-0.39, 0.29) is 18.3 Å². The number of rotatable bonds is 5. The second-order valence-corrected chi connectivity index (χ2v) is 7.00. The van der Waals surface area contributed by atoms with Gasteiger partial charge in [0.2, 0.25) is 0 Å². The van der Waals surface area contributed by atoms with E-state index in [1.54, 1.807) is 0 Å². The molecule has 1 unspecified atom stereocenters. The smallest absolute Gasteiger partial charge is 0.163 e. The summed E-state index contributed by atoms with van der Waals surface area (Å²) < 4.78 is 29.6. The van der Waals surface area contributed by atoms with E-state index in [9.17, 15) is 0 Å². The molecule has 0 N–H and O–H groups in total. The SMILES string of the molecule is CC1(C)OC[C@@H](C(OCc2ccccc2)[C@H]2COC(C)(C)O2)O1. The third-order valence-corrected chi connectivity index (χ3v) is 4.08. The van der Waals surface area contributed by atoms with Crippen LogP contribution in [0.1, 0.15) is 33.3 Å². The maximum absolute atomic E-state index is 6.17. The number of benzene rings is 1. The Bertz CT molecular complexity index is 487. The van der Waals surface area contributed by atoms with Gasteiger partial charge in [-0.05, 0) is 33.3 Å². The van der Waals surface area contributed by atoms with Crippen molar-refractivity contribution in [3.05, 3.63) is 35.9 Å². The topological polar surface area (TPSA) is 46.2 Å². The summed E-state index contributed by atoms with van der Waals surface area (Å²) in [5.74, 6) is -1.18. The van der Waals surface area contributed by atoms with Gasteiger partial charge in [-0.1, -0.05) is 30.3 Å². The second kappa shape index (κ2) is 6.49. The van der Waals surface area contributed by atoms with Crippen LogP contribution in [0.5, 0.6) is 0 Å². The Hall–Kier alpha value is -0.980. The van der Waals surface area contributed by atoms with E-state index in [2.05, 4.69) is 0 Å². The van der Waals surface area contributed by atoms with E-state index in [0.29, 0.717) is 19.8 Å². The van der Waals surface area contributed by atoms with Crippen LogP contribution in [0, 0.1) is 0 Å². The first-order chi connectivity index (χ1) is 10.8. The van der Waals surface area contributed by atoms with E-state index in [4.69, 9.17) is 23.7 Å². The predicted octanol–water partition coefficient (Wildman–Crippen LogP) is 2.87. The van der Waals surface area contributed by atoms with Crippen molar-refractivity contribution >= 4 is 0 Å². The molecule has 0 bridgehead atoms. The van der Waals surface area contributed by atoms with E-state index in [1.807, 2.05) is 58.0 Å². The molecule has 1 aromatic carbocycles. The Morgan fingerprint density at radius 3 is 1.91 bits per heavy atom. The Balaban J connectivity index is 1.69. The first-order valence-corrected chi connectivity index (χ1v) is 8.14. The van der Waals surface area contributed by atoms with Crippen molar-refractivity contribution in [1.29, 1.82) is 0 Å². The molecule has 23 heavy (non-hydrogen) atoms. The van der Waals surface area contributed by atoms with Gasteiger partial charge < -0.3 is 23.7 Å². The average Bonchev–Trinajstić information content (AvgIpc) is 3.03. The maximum Gasteiger partial charge on any atom is 0.163 e. The van der Waals surface area contributed by atoms with Gasteiger partial charge in [0.05, 0.1) is 19.8 Å². The average molecular weight is 322 g/mol. The predicted molar refractivity (Wildman–Crippen MR) is 84.8 cm³/mol. The van der Waals surface area contributed by atoms with E-state index in [0.717, 1.165) is 5.56 Å². The fraction of sp³-hybridized carbons (Fsp3) is 0.667. The monoisotopic (exact) mass is 322 g/mol. The first-order valence-electron chi connectivity index (χ1n) is 8.14. The quantitative estimate of drug-likeness (QED) is 0.834. The van der Waals surface area contributed by atoms with Crippen molar-refractivity contribution in [2.45, 2.75) is 64.2 Å². The maximum atomic E-state index is 6.17. The minimum atomic E-state index is -0.589. The number of ether oxygens (including phenoxy) is 5. The molecule has 0 saturated carbocycles. The molecule has 128 valence electrons. The minimum absolute atomic E-state index is 0.170. The van der Waals surface area contributed by atoms with Gasteiger partial charge in [0, 0.05) is 0 Å². The van der Waals surface area contributed by atoms with E-state index in [1.165, 1.54) is 0 Å². The fourth-order valence-corrected chi connectivity index (χ4v) is 2.98. The summed E-state index contributed by atoms with van der Waals surface area (Å²) in [4.78, 5) is 0. The molecular weight excluding hydrogens is 296 g/mol. The summed E-state index contributed by atoms with van der Waals surface area (Å²) in [6.07, 6.45) is -0.578. The molecule has 5 nitrogen and oxygen atoms in total. The molecule has 3 rings (SSSR count). The lowest BCUT2D eigenvalue weighted by molar-refractivity contribution is -0.190. The van der Waals surface area contributed by atoms with Crippen molar-refractivity contribution in [2.24, 2.45) is 0 Å². The summed E-state index contributed by atoms with van der Waals surface area (Å²) in [6.45, 7) is 9.15. The molecule has 5 heteroatoms. The third kappa shape index (κ3) is 4.31. The molecular formula is C18H26O5. The Morgan fingerprint density at radius 1 is 0.957 bits per heavy atom. The molecule has 0 spiro atoms. The standard InChI is InChI=1S/C18H26O5/c1-17(2)20-11-14(22-17)16(15-12-21-18(3,4)23-15)19-10-13-8-6-5-7-9-13/h5-9,14-16H,10-12H2,1-4H3/t14-,15+,16?. The molecule has 2 heterocycles. The fourth-order valence-electron chi connectivity index (χ4n) is 2.98. The van der Waals surface area contributed by atoms with Crippen molar-refractivity contribution in [3.63, 3.8) is 0 Å². The highest BCUT2D eigenvalue weighted by atomic mass is 16.8. The highest BCUT2D eigenvalue weighted by Gasteiger charge is 2.46. The Kier molecular flexibility index (Phi) is 4.76. The molecule has 2 saturated heterocycles.